The first-order valence-corrected chi connectivity index (χ1v) is 6.04. The summed E-state index contributed by atoms with van der Waals surface area (Å²) in [5.41, 5.74) is -0.841. The van der Waals surface area contributed by atoms with Crippen LogP contribution >= 0.6 is 15.9 Å². The van der Waals surface area contributed by atoms with Crippen molar-refractivity contribution in [2.24, 2.45) is 0 Å². The second kappa shape index (κ2) is 4.46. The molecule has 2 rings (SSSR count). The number of nitriles is 1. The van der Waals surface area contributed by atoms with Crippen molar-refractivity contribution in [3.8, 4) is 6.07 Å². The van der Waals surface area contributed by atoms with Gasteiger partial charge in [0.05, 0.1) is 11.6 Å². The second-order valence-corrected chi connectivity index (χ2v) is 5.04. The lowest BCUT2D eigenvalue weighted by molar-refractivity contribution is 0.0877. The number of nitrogens with one attached hydrogen (secondary N) is 1. The van der Waals surface area contributed by atoms with Gasteiger partial charge in [0.2, 0.25) is 0 Å². The van der Waals surface area contributed by atoms with Crippen LogP contribution in [0, 0.1) is 17.1 Å². The summed E-state index contributed by atoms with van der Waals surface area (Å²) in [4.78, 5) is 11.9. The van der Waals surface area contributed by atoms with E-state index >= 15 is 0 Å². The van der Waals surface area contributed by atoms with Crippen LogP contribution in [-0.2, 0) is 0 Å². The van der Waals surface area contributed by atoms with Crippen LogP contribution < -0.4 is 5.32 Å². The zero-order chi connectivity index (χ0) is 12.5. The maximum Gasteiger partial charge on any atom is 0.255 e. The molecule has 1 aliphatic carbocycles. The molecule has 1 amide bonds. The van der Waals surface area contributed by atoms with Gasteiger partial charge < -0.3 is 5.32 Å². The fourth-order valence-electron chi connectivity index (χ4n) is 1.75. The molecule has 0 radical (unpaired) electrons. The zero-order valence-electron chi connectivity index (χ0n) is 8.96. The van der Waals surface area contributed by atoms with Gasteiger partial charge in [-0.1, -0.05) is 15.9 Å². The van der Waals surface area contributed by atoms with Crippen molar-refractivity contribution in [3.63, 3.8) is 0 Å². The number of carbonyl (C=O) groups excluding carboxylic acids is 1. The molecule has 0 unspecified atom stereocenters. The number of nitrogens with zero attached hydrogens (tertiary/aromatic N) is 1. The molecule has 1 aliphatic rings. The summed E-state index contributed by atoms with van der Waals surface area (Å²) >= 11 is 3.18. The quantitative estimate of drug-likeness (QED) is 0.912. The van der Waals surface area contributed by atoms with Crippen molar-refractivity contribution in [3.05, 3.63) is 34.1 Å². The monoisotopic (exact) mass is 296 g/mol. The summed E-state index contributed by atoms with van der Waals surface area (Å²) in [6, 6.07) is 6.24. The van der Waals surface area contributed by atoms with Gasteiger partial charge in [-0.05, 0) is 37.5 Å². The minimum atomic E-state index is -0.800. The number of hydrogen-bond acceptors (Lipinski definition) is 2. The Morgan fingerprint density at radius 1 is 1.53 bits per heavy atom. The largest absolute Gasteiger partial charge is 0.334 e. The molecule has 1 fully saturated rings. The summed E-state index contributed by atoms with van der Waals surface area (Å²) in [6.45, 7) is 0. The van der Waals surface area contributed by atoms with Crippen molar-refractivity contribution in [1.29, 1.82) is 5.26 Å². The Labute approximate surface area is 107 Å². The summed E-state index contributed by atoms with van der Waals surface area (Å²) in [7, 11) is 0. The molecule has 0 heterocycles. The number of amides is 1. The standard InChI is InChI=1S/C12H10BrFN2O/c13-8-2-3-10(14)9(6-8)11(17)16-12(7-15)4-1-5-12/h2-3,6H,1,4-5H2,(H,16,17). The SMILES string of the molecule is N#CC1(NC(=O)c2cc(Br)ccc2F)CCC1. The van der Waals surface area contributed by atoms with Gasteiger partial charge in [0.15, 0.2) is 0 Å². The van der Waals surface area contributed by atoms with E-state index in [4.69, 9.17) is 5.26 Å². The molecular weight excluding hydrogens is 287 g/mol. The second-order valence-electron chi connectivity index (χ2n) is 4.13. The lowest BCUT2D eigenvalue weighted by atomic mass is 9.78. The Morgan fingerprint density at radius 3 is 2.76 bits per heavy atom. The first-order chi connectivity index (χ1) is 8.06. The topological polar surface area (TPSA) is 52.9 Å². The molecule has 3 nitrogen and oxygen atoms in total. The lowest BCUT2D eigenvalue weighted by Gasteiger charge is -2.35. The normalized spacial score (nSPS) is 16.8. The maximum absolute atomic E-state index is 13.5. The van der Waals surface area contributed by atoms with Crippen LogP contribution in [0.4, 0.5) is 4.39 Å². The molecular formula is C12H10BrFN2O. The van der Waals surface area contributed by atoms with Crippen LogP contribution in [0.15, 0.2) is 22.7 Å². The van der Waals surface area contributed by atoms with Crippen LogP contribution in [0.2, 0.25) is 0 Å². The first-order valence-electron chi connectivity index (χ1n) is 5.25. The van der Waals surface area contributed by atoms with Crippen molar-refractivity contribution in [1.82, 2.24) is 5.32 Å². The van der Waals surface area contributed by atoms with E-state index in [0.717, 1.165) is 6.42 Å². The molecule has 88 valence electrons. The third kappa shape index (κ3) is 2.32. The van der Waals surface area contributed by atoms with Crippen LogP contribution in [0.25, 0.3) is 0 Å². The molecule has 1 aromatic carbocycles. The van der Waals surface area contributed by atoms with Gasteiger partial charge in [-0.3, -0.25) is 4.79 Å². The summed E-state index contributed by atoms with van der Waals surface area (Å²) < 4.78 is 14.1. The van der Waals surface area contributed by atoms with E-state index < -0.39 is 17.3 Å². The molecule has 0 saturated heterocycles. The number of halogens is 2. The smallest absolute Gasteiger partial charge is 0.255 e. The number of carbonyl (C=O) groups is 1. The number of hydrogen-bond donors (Lipinski definition) is 1. The Kier molecular flexibility index (Phi) is 3.16. The van der Waals surface area contributed by atoms with Crippen molar-refractivity contribution in [2.45, 2.75) is 24.8 Å². The van der Waals surface area contributed by atoms with Crippen molar-refractivity contribution in [2.75, 3.05) is 0 Å². The highest BCUT2D eigenvalue weighted by atomic mass is 79.9. The molecule has 0 atom stereocenters. The molecule has 0 aliphatic heterocycles. The van der Waals surface area contributed by atoms with Gasteiger partial charge in [-0.25, -0.2) is 4.39 Å². The molecule has 0 bridgehead atoms. The summed E-state index contributed by atoms with van der Waals surface area (Å²) in [5, 5.41) is 11.6. The highest BCUT2D eigenvalue weighted by molar-refractivity contribution is 9.10. The highest BCUT2D eigenvalue weighted by Gasteiger charge is 2.39. The van der Waals surface area contributed by atoms with Gasteiger partial charge in [0.25, 0.3) is 5.91 Å². The summed E-state index contributed by atoms with van der Waals surface area (Å²) in [5.74, 6) is -1.12. The van der Waals surface area contributed by atoms with Gasteiger partial charge in [-0.15, -0.1) is 0 Å². The van der Waals surface area contributed by atoms with E-state index in [2.05, 4.69) is 27.3 Å². The minimum Gasteiger partial charge on any atom is -0.334 e. The van der Waals surface area contributed by atoms with Gasteiger partial charge >= 0.3 is 0 Å². The molecule has 5 heteroatoms. The minimum absolute atomic E-state index is 0.0408. The van der Waals surface area contributed by atoms with Crippen LogP contribution in [-0.4, -0.2) is 11.4 Å². The highest BCUT2D eigenvalue weighted by Crippen LogP contribution is 2.31. The molecule has 1 saturated carbocycles. The van der Waals surface area contributed by atoms with Crippen LogP contribution in [0.1, 0.15) is 29.6 Å². The maximum atomic E-state index is 13.5. The Hall–Kier alpha value is -1.41. The average molecular weight is 297 g/mol. The van der Waals surface area contributed by atoms with Gasteiger partial charge in [-0.2, -0.15) is 5.26 Å². The van der Waals surface area contributed by atoms with E-state index in [1.807, 2.05) is 0 Å². The van der Waals surface area contributed by atoms with E-state index in [1.54, 1.807) is 0 Å². The average Bonchev–Trinajstić information content (AvgIpc) is 2.26. The molecule has 0 aromatic heterocycles. The Balaban J connectivity index is 2.20. The predicted octanol–water partition coefficient (Wildman–Crippen LogP) is 2.76. The molecule has 0 spiro atoms. The number of benzene rings is 1. The third-order valence-corrected chi connectivity index (χ3v) is 3.44. The molecule has 1 aromatic rings. The number of rotatable bonds is 2. The summed E-state index contributed by atoms with van der Waals surface area (Å²) in [6.07, 6.45) is 2.17. The van der Waals surface area contributed by atoms with Crippen LogP contribution in [0.5, 0.6) is 0 Å². The van der Waals surface area contributed by atoms with Crippen LogP contribution in [0.3, 0.4) is 0 Å². The van der Waals surface area contributed by atoms with E-state index in [1.165, 1.54) is 18.2 Å². The van der Waals surface area contributed by atoms with E-state index in [0.29, 0.717) is 17.3 Å². The first kappa shape index (κ1) is 12.1. The third-order valence-electron chi connectivity index (χ3n) is 2.95. The van der Waals surface area contributed by atoms with E-state index in [9.17, 15) is 9.18 Å². The predicted molar refractivity (Wildman–Crippen MR) is 63.8 cm³/mol. The van der Waals surface area contributed by atoms with E-state index in [-0.39, 0.29) is 5.56 Å². The Bertz CT molecular complexity index is 506. The fraction of sp³-hybridized carbons (Fsp3) is 0.333. The Morgan fingerprint density at radius 2 is 2.24 bits per heavy atom. The van der Waals surface area contributed by atoms with Crippen molar-refractivity contribution < 1.29 is 9.18 Å². The van der Waals surface area contributed by atoms with Crippen molar-refractivity contribution >= 4 is 21.8 Å². The molecule has 1 N–H and O–H groups in total. The molecule has 17 heavy (non-hydrogen) atoms. The van der Waals surface area contributed by atoms with Gasteiger partial charge in [0, 0.05) is 4.47 Å². The zero-order valence-corrected chi connectivity index (χ0v) is 10.6. The lowest BCUT2D eigenvalue weighted by Crippen LogP contribution is -2.52. The van der Waals surface area contributed by atoms with Gasteiger partial charge in [0.1, 0.15) is 11.4 Å². The fourth-order valence-corrected chi connectivity index (χ4v) is 2.11.